The quantitative estimate of drug-likeness (QED) is 0.827. The Morgan fingerprint density at radius 3 is 2.81 bits per heavy atom. The fourth-order valence-electron chi connectivity index (χ4n) is 3.02. The van der Waals surface area contributed by atoms with E-state index in [0.29, 0.717) is 5.92 Å². The van der Waals surface area contributed by atoms with Gasteiger partial charge in [-0.15, -0.1) is 0 Å². The summed E-state index contributed by atoms with van der Waals surface area (Å²) in [5, 5.41) is 9.17. The van der Waals surface area contributed by atoms with Gasteiger partial charge in [0.05, 0.1) is 6.61 Å². The van der Waals surface area contributed by atoms with Crippen molar-refractivity contribution in [1.29, 1.82) is 0 Å². The van der Waals surface area contributed by atoms with Crippen LogP contribution in [-0.4, -0.2) is 17.8 Å². The molecule has 1 N–H and O–H groups in total. The number of rotatable bonds is 2. The lowest BCUT2D eigenvalue weighted by atomic mass is 9.94. The third-order valence-corrected chi connectivity index (χ3v) is 3.86. The van der Waals surface area contributed by atoms with E-state index in [1.807, 2.05) is 0 Å². The first-order valence-corrected chi connectivity index (χ1v) is 6.28. The number of hydrogen-bond acceptors (Lipinski definition) is 2. The van der Waals surface area contributed by atoms with Crippen molar-refractivity contribution in [2.24, 2.45) is 0 Å². The summed E-state index contributed by atoms with van der Waals surface area (Å²) in [6.07, 6.45) is 6.13. The van der Waals surface area contributed by atoms with Gasteiger partial charge >= 0.3 is 0 Å². The molecule has 1 aliphatic carbocycles. The van der Waals surface area contributed by atoms with Crippen LogP contribution in [0, 0.1) is 0 Å². The highest BCUT2D eigenvalue weighted by Crippen LogP contribution is 2.42. The van der Waals surface area contributed by atoms with E-state index in [1.165, 1.54) is 36.8 Å². The van der Waals surface area contributed by atoms with Gasteiger partial charge in [0.25, 0.3) is 0 Å². The number of para-hydroxylation sites is 1. The lowest BCUT2D eigenvalue weighted by Gasteiger charge is -2.15. The lowest BCUT2D eigenvalue weighted by Crippen LogP contribution is -2.17. The molecule has 0 radical (unpaired) electrons. The number of hydrogen-bond donors (Lipinski definition) is 1. The second-order valence-electron chi connectivity index (χ2n) is 4.94. The van der Waals surface area contributed by atoms with Gasteiger partial charge in [0, 0.05) is 6.42 Å². The van der Waals surface area contributed by atoms with Crippen molar-refractivity contribution < 1.29 is 9.84 Å². The van der Waals surface area contributed by atoms with Crippen LogP contribution in [0.15, 0.2) is 18.2 Å². The van der Waals surface area contributed by atoms with E-state index in [1.54, 1.807) is 0 Å². The summed E-state index contributed by atoms with van der Waals surface area (Å²) in [5.41, 5.74) is 2.66. The summed E-state index contributed by atoms with van der Waals surface area (Å²) < 4.78 is 5.85. The van der Waals surface area contributed by atoms with Gasteiger partial charge in [-0.3, -0.25) is 0 Å². The normalized spacial score (nSPS) is 24.4. The summed E-state index contributed by atoms with van der Waals surface area (Å²) in [6.45, 7) is 0.124. The van der Waals surface area contributed by atoms with Crippen molar-refractivity contribution in [1.82, 2.24) is 0 Å². The standard InChI is InChI=1S/C14H18O2/c15-9-12-8-11-6-3-7-13(14(11)16-12)10-4-1-2-5-10/h3,6-7,10,12,15H,1-2,4-5,8-9H2/t12-/m1/s1. The molecule has 1 atom stereocenters. The van der Waals surface area contributed by atoms with E-state index in [9.17, 15) is 0 Å². The molecule has 16 heavy (non-hydrogen) atoms. The molecule has 1 saturated carbocycles. The Hall–Kier alpha value is -1.02. The van der Waals surface area contributed by atoms with E-state index in [2.05, 4.69) is 18.2 Å². The number of benzene rings is 1. The molecule has 1 aromatic carbocycles. The van der Waals surface area contributed by atoms with E-state index >= 15 is 0 Å². The number of aliphatic hydroxyl groups is 1. The smallest absolute Gasteiger partial charge is 0.126 e. The van der Waals surface area contributed by atoms with Crippen LogP contribution in [0.25, 0.3) is 0 Å². The Bertz CT molecular complexity index is 380. The predicted octanol–water partition coefficient (Wildman–Crippen LogP) is 2.64. The predicted molar refractivity (Wildman–Crippen MR) is 62.9 cm³/mol. The van der Waals surface area contributed by atoms with Crippen LogP contribution in [0.5, 0.6) is 5.75 Å². The van der Waals surface area contributed by atoms with E-state index < -0.39 is 0 Å². The fourth-order valence-corrected chi connectivity index (χ4v) is 3.02. The third kappa shape index (κ3) is 1.61. The molecule has 86 valence electrons. The van der Waals surface area contributed by atoms with Crippen LogP contribution < -0.4 is 4.74 Å². The minimum absolute atomic E-state index is 0.0162. The van der Waals surface area contributed by atoms with Crippen LogP contribution in [0.3, 0.4) is 0 Å². The second kappa shape index (κ2) is 4.10. The van der Waals surface area contributed by atoms with Crippen LogP contribution in [0.4, 0.5) is 0 Å². The average molecular weight is 218 g/mol. The molecule has 0 amide bonds. The molecular formula is C14H18O2. The number of fused-ring (bicyclic) bond motifs is 1. The molecule has 0 aromatic heterocycles. The lowest BCUT2D eigenvalue weighted by molar-refractivity contribution is 0.133. The monoisotopic (exact) mass is 218 g/mol. The summed E-state index contributed by atoms with van der Waals surface area (Å²) in [6, 6.07) is 6.47. The number of ether oxygens (including phenoxy) is 1. The van der Waals surface area contributed by atoms with Gasteiger partial charge in [-0.25, -0.2) is 0 Å². The first-order valence-electron chi connectivity index (χ1n) is 6.28. The van der Waals surface area contributed by atoms with Gasteiger partial charge < -0.3 is 9.84 Å². The summed E-state index contributed by atoms with van der Waals surface area (Å²) in [5.74, 6) is 1.76. The minimum Gasteiger partial charge on any atom is -0.487 e. The molecule has 1 fully saturated rings. The van der Waals surface area contributed by atoms with E-state index in [-0.39, 0.29) is 12.7 Å². The Balaban J connectivity index is 1.93. The maximum absolute atomic E-state index is 9.17. The summed E-state index contributed by atoms with van der Waals surface area (Å²) in [7, 11) is 0. The van der Waals surface area contributed by atoms with Crippen LogP contribution in [0.2, 0.25) is 0 Å². The van der Waals surface area contributed by atoms with Gasteiger partial charge in [-0.05, 0) is 29.9 Å². The van der Waals surface area contributed by atoms with Crippen LogP contribution >= 0.6 is 0 Å². The Kier molecular flexibility index (Phi) is 2.60. The summed E-state index contributed by atoms with van der Waals surface area (Å²) >= 11 is 0. The molecule has 2 heteroatoms. The molecular weight excluding hydrogens is 200 g/mol. The third-order valence-electron chi connectivity index (χ3n) is 3.86. The van der Waals surface area contributed by atoms with Crippen LogP contribution in [-0.2, 0) is 6.42 Å². The molecule has 1 aliphatic heterocycles. The molecule has 0 spiro atoms. The fraction of sp³-hybridized carbons (Fsp3) is 0.571. The van der Waals surface area contributed by atoms with Gasteiger partial charge in [0.15, 0.2) is 0 Å². The molecule has 0 bridgehead atoms. The first-order chi connectivity index (χ1) is 7.88. The average Bonchev–Trinajstić information content (AvgIpc) is 2.97. The van der Waals surface area contributed by atoms with Crippen molar-refractivity contribution in [2.45, 2.75) is 44.1 Å². The zero-order valence-electron chi connectivity index (χ0n) is 9.48. The number of aliphatic hydroxyl groups excluding tert-OH is 1. The summed E-state index contributed by atoms with van der Waals surface area (Å²) in [4.78, 5) is 0. The Morgan fingerprint density at radius 2 is 2.06 bits per heavy atom. The second-order valence-corrected chi connectivity index (χ2v) is 4.94. The molecule has 0 saturated heterocycles. The van der Waals surface area contributed by atoms with Crippen molar-refractivity contribution in [3.63, 3.8) is 0 Å². The first kappa shape index (κ1) is 10.2. The highest BCUT2D eigenvalue weighted by molar-refractivity contribution is 5.46. The Labute approximate surface area is 96.2 Å². The maximum atomic E-state index is 9.17. The SMILES string of the molecule is OC[C@H]1Cc2cccc(C3CCCC3)c2O1. The topological polar surface area (TPSA) is 29.5 Å². The molecule has 2 aliphatic rings. The minimum atomic E-state index is -0.0162. The highest BCUT2D eigenvalue weighted by atomic mass is 16.5. The molecule has 1 heterocycles. The van der Waals surface area contributed by atoms with Crippen LogP contribution in [0.1, 0.15) is 42.7 Å². The van der Waals surface area contributed by atoms with E-state index in [4.69, 9.17) is 9.84 Å². The van der Waals surface area contributed by atoms with E-state index in [0.717, 1.165) is 12.2 Å². The van der Waals surface area contributed by atoms with Crippen molar-refractivity contribution >= 4 is 0 Å². The molecule has 2 nitrogen and oxygen atoms in total. The van der Waals surface area contributed by atoms with Crippen molar-refractivity contribution in [3.05, 3.63) is 29.3 Å². The van der Waals surface area contributed by atoms with Gasteiger partial charge in [0.2, 0.25) is 0 Å². The highest BCUT2D eigenvalue weighted by Gasteiger charge is 2.28. The van der Waals surface area contributed by atoms with Crippen molar-refractivity contribution in [2.75, 3.05) is 6.61 Å². The zero-order valence-corrected chi connectivity index (χ0v) is 9.48. The largest absolute Gasteiger partial charge is 0.487 e. The zero-order chi connectivity index (χ0) is 11.0. The maximum Gasteiger partial charge on any atom is 0.126 e. The Morgan fingerprint density at radius 1 is 1.25 bits per heavy atom. The van der Waals surface area contributed by atoms with Gasteiger partial charge in [-0.1, -0.05) is 31.0 Å². The van der Waals surface area contributed by atoms with Gasteiger partial charge in [-0.2, -0.15) is 0 Å². The molecule has 0 unspecified atom stereocenters. The molecule has 1 aromatic rings. The van der Waals surface area contributed by atoms with Crippen molar-refractivity contribution in [3.8, 4) is 5.75 Å². The van der Waals surface area contributed by atoms with Gasteiger partial charge in [0.1, 0.15) is 11.9 Å². The molecule has 3 rings (SSSR count).